The lowest BCUT2D eigenvalue weighted by Crippen LogP contribution is -2.49. The van der Waals surface area contributed by atoms with Crippen molar-refractivity contribution in [2.75, 3.05) is 59.7 Å². The normalized spacial score (nSPS) is 21.0. The SMILES string of the molecule is COCCN1C(=O)c2ccccc2C(C(=O)NCCN2CCOCC2)C1c1ccc(F)cc1. The van der Waals surface area contributed by atoms with Crippen LogP contribution in [0.15, 0.2) is 48.5 Å². The van der Waals surface area contributed by atoms with Gasteiger partial charge >= 0.3 is 0 Å². The van der Waals surface area contributed by atoms with Gasteiger partial charge < -0.3 is 19.7 Å². The van der Waals surface area contributed by atoms with Crippen molar-refractivity contribution in [1.29, 1.82) is 0 Å². The summed E-state index contributed by atoms with van der Waals surface area (Å²) in [5.74, 6) is -1.29. The van der Waals surface area contributed by atoms with E-state index in [1.54, 1.807) is 36.3 Å². The largest absolute Gasteiger partial charge is 0.383 e. The van der Waals surface area contributed by atoms with Crippen LogP contribution >= 0.6 is 0 Å². The van der Waals surface area contributed by atoms with Crippen LogP contribution < -0.4 is 5.32 Å². The van der Waals surface area contributed by atoms with Gasteiger partial charge in [-0.25, -0.2) is 4.39 Å². The number of carbonyl (C=O) groups is 2. The molecule has 1 N–H and O–H groups in total. The predicted molar refractivity (Wildman–Crippen MR) is 122 cm³/mol. The van der Waals surface area contributed by atoms with Gasteiger partial charge in [0.15, 0.2) is 0 Å². The Bertz CT molecular complexity index is 962. The number of methoxy groups -OCH3 is 1. The minimum Gasteiger partial charge on any atom is -0.383 e. The summed E-state index contributed by atoms with van der Waals surface area (Å²) >= 11 is 0. The maximum atomic E-state index is 13.7. The smallest absolute Gasteiger partial charge is 0.254 e. The molecule has 0 spiro atoms. The quantitative estimate of drug-likeness (QED) is 0.661. The number of nitrogens with one attached hydrogen (secondary N) is 1. The highest BCUT2D eigenvalue weighted by Gasteiger charge is 2.43. The first-order valence-electron chi connectivity index (χ1n) is 11.3. The average Bonchev–Trinajstić information content (AvgIpc) is 2.84. The Morgan fingerprint density at radius 3 is 2.58 bits per heavy atom. The molecule has 33 heavy (non-hydrogen) atoms. The van der Waals surface area contributed by atoms with Gasteiger partial charge in [-0.15, -0.1) is 0 Å². The van der Waals surface area contributed by atoms with Crippen LogP contribution in [0.4, 0.5) is 4.39 Å². The molecule has 2 aliphatic heterocycles. The number of halogens is 1. The monoisotopic (exact) mass is 455 g/mol. The lowest BCUT2D eigenvalue weighted by atomic mass is 9.79. The number of morpholine rings is 1. The molecule has 0 aliphatic carbocycles. The van der Waals surface area contributed by atoms with Gasteiger partial charge in [0.05, 0.1) is 31.8 Å². The summed E-state index contributed by atoms with van der Waals surface area (Å²) in [6, 6.07) is 12.7. The zero-order chi connectivity index (χ0) is 23.2. The molecule has 2 atom stereocenters. The highest BCUT2D eigenvalue weighted by molar-refractivity contribution is 6.01. The molecule has 0 aromatic heterocycles. The fourth-order valence-corrected chi connectivity index (χ4v) is 4.61. The summed E-state index contributed by atoms with van der Waals surface area (Å²) in [5, 5.41) is 3.08. The lowest BCUT2D eigenvalue weighted by Gasteiger charge is -2.42. The molecule has 2 unspecified atom stereocenters. The molecule has 1 saturated heterocycles. The van der Waals surface area contributed by atoms with Crippen LogP contribution in [0.5, 0.6) is 0 Å². The number of benzene rings is 2. The molecule has 0 saturated carbocycles. The van der Waals surface area contributed by atoms with Crippen LogP contribution in [0, 0.1) is 5.82 Å². The van der Waals surface area contributed by atoms with Crippen molar-refractivity contribution in [3.8, 4) is 0 Å². The standard InChI is InChI=1S/C25H30FN3O4/c1-32-15-14-29-23(18-6-8-19(26)9-7-18)22(20-4-2-3-5-21(20)25(29)31)24(30)27-10-11-28-12-16-33-17-13-28/h2-9,22-23H,10-17H2,1H3,(H,27,30). The minimum absolute atomic E-state index is 0.153. The van der Waals surface area contributed by atoms with Crippen LogP contribution in [-0.2, 0) is 14.3 Å². The van der Waals surface area contributed by atoms with Gasteiger partial charge in [0.2, 0.25) is 5.91 Å². The Hall–Kier alpha value is -2.81. The fraction of sp³-hybridized carbons (Fsp3) is 0.440. The summed E-state index contributed by atoms with van der Waals surface area (Å²) in [6.45, 7) is 4.98. The number of nitrogens with zero attached hydrogens (tertiary/aromatic N) is 2. The Morgan fingerprint density at radius 2 is 1.85 bits per heavy atom. The van der Waals surface area contributed by atoms with Crippen LogP contribution in [0.25, 0.3) is 0 Å². The fourth-order valence-electron chi connectivity index (χ4n) is 4.61. The third-order valence-electron chi connectivity index (χ3n) is 6.30. The second-order valence-corrected chi connectivity index (χ2v) is 8.30. The molecule has 2 amide bonds. The highest BCUT2D eigenvalue weighted by atomic mass is 19.1. The molecule has 1 fully saturated rings. The number of carbonyl (C=O) groups excluding carboxylic acids is 2. The summed E-state index contributed by atoms with van der Waals surface area (Å²) in [7, 11) is 1.57. The van der Waals surface area contributed by atoms with Crippen LogP contribution in [-0.4, -0.2) is 81.3 Å². The number of ether oxygens (including phenoxy) is 2. The first-order chi connectivity index (χ1) is 16.1. The van der Waals surface area contributed by atoms with Gasteiger partial charge in [-0.1, -0.05) is 30.3 Å². The van der Waals surface area contributed by atoms with E-state index >= 15 is 0 Å². The molecule has 2 aliphatic rings. The Labute approximate surface area is 193 Å². The van der Waals surface area contributed by atoms with Crippen molar-refractivity contribution in [2.24, 2.45) is 0 Å². The maximum Gasteiger partial charge on any atom is 0.254 e. The second-order valence-electron chi connectivity index (χ2n) is 8.30. The number of amides is 2. The predicted octanol–water partition coefficient (Wildman–Crippen LogP) is 2.20. The van der Waals surface area contributed by atoms with E-state index in [1.165, 1.54) is 12.1 Å². The molecule has 0 radical (unpaired) electrons. The summed E-state index contributed by atoms with van der Waals surface area (Å²) in [4.78, 5) is 30.9. The van der Waals surface area contributed by atoms with Crippen LogP contribution in [0.2, 0.25) is 0 Å². The van der Waals surface area contributed by atoms with Crippen molar-refractivity contribution < 1.29 is 23.5 Å². The second kappa shape index (κ2) is 10.9. The van der Waals surface area contributed by atoms with E-state index in [-0.39, 0.29) is 17.6 Å². The summed E-state index contributed by atoms with van der Waals surface area (Å²) < 4.78 is 24.3. The van der Waals surface area contributed by atoms with Crippen molar-refractivity contribution in [3.05, 3.63) is 71.0 Å². The van der Waals surface area contributed by atoms with Crippen LogP contribution in [0.3, 0.4) is 0 Å². The van der Waals surface area contributed by atoms with Gasteiger partial charge in [-0.05, 0) is 29.3 Å². The molecule has 7 nitrogen and oxygen atoms in total. The van der Waals surface area contributed by atoms with E-state index in [9.17, 15) is 14.0 Å². The van der Waals surface area contributed by atoms with E-state index in [2.05, 4.69) is 10.2 Å². The maximum absolute atomic E-state index is 13.7. The molecule has 176 valence electrons. The van der Waals surface area contributed by atoms with Crippen molar-refractivity contribution in [3.63, 3.8) is 0 Å². The lowest BCUT2D eigenvalue weighted by molar-refractivity contribution is -0.124. The van der Waals surface area contributed by atoms with Crippen molar-refractivity contribution in [2.45, 2.75) is 12.0 Å². The minimum atomic E-state index is -0.620. The third-order valence-corrected chi connectivity index (χ3v) is 6.30. The zero-order valence-electron chi connectivity index (χ0n) is 18.8. The molecule has 8 heteroatoms. The van der Waals surface area contributed by atoms with Gasteiger partial charge in [0.25, 0.3) is 5.91 Å². The Kier molecular flexibility index (Phi) is 7.69. The Balaban J connectivity index is 1.64. The van der Waals surface area contributed by atoms with E-state index in [0.717, 1.165) is 19.6 Å². The van der Waals surface area contributed by atoms with E-state index in [1.807, 2.05) is 12.1 Å². The molecule has 2 heterocycles. The van der Waals surface area contributed by atoms with Gasteiger partial charge in [-0.2, -0.15) is 0 Å². The highest BCUT2D eigenvalue weighted by Crippen LogP contribution is 2.42. The van der Waals surface area contributed by atoms with E-state index < -0.39 is 12.0 Å². The Morgan fingerprint density at radius 1 is 1.12 bits per heavy atom. The molecular weight excluding hydrogens is 425 g/mol. The van der Waals surface area contributed by atoms with E-state index in [4.69, 9.17) is 9.47 Å². The van der Waals surface area contributed by atoms with Gasteiger partial charge in [0.1, 0.15) is 5.82 Å². The molecule has 2 aromatic rings. The molecule has 2 aromatic carbocycles. The number of hydrogen-bond acceptors (Lipinski definition) is 5. The molecular formula is C25H30FN3O4. The van der Waals surface area contributed by atoms with E-state index in [0.29, 0.717) is 49.6 Å². The first-order valence-corrected chi connectivity index (χ1v) is 11.3. The number of hydrogen-bond donors (Lipinski definition) is 1. The molecule has 4 rings (SSSR count). The van der Waals surface area contributed by atoms with Crippen molar-refractivity contribution >= 4 is 11.8 Å². The van der Waals surface area contributed by atoms with Gasteiger partial charge in [-0.3, -0.25) is 14.5 Å². The zero-order valence-corrected chi connectivity index (χ0v) is 18.8. The summed E-state index contributed by atoms with van der Waals surface area (Å²) in [5.41, 5.74) is 1.92. The molecule has 0 bridgehead atoms. The number of rotatable bonds is 8. The number of fused-ring (bicyclic) bond motifs is 1. The van der Waals surface area contributed by atoms with Crippen molar-refractivity contribution in [1.82, 2.24) is 15.1 Å². The van der Waals surface area contributed by atoms with Crippen LogP contribution in [0.1, 0.15) is 33.4 Å². The van der Waals surface area contributed by atoms with Gasteiger partial charge in [0, 0.05) is 45.4 Å². The average molecular weight is 456 g/mol. The first kappa shape index (κ1) is 23.4. The topological polar surface area (TPSA) is 71.1 Å². The third kappa shape index (κ3) is 5.24. The summed E-state index contributed by atoms with van der Waals surface area (Å²) in [6.07, 6.45) is 0.